The lowest BCUT2D eigenvalue weighted by Crippen LogP contribution is -2.33. The van der Waals surface area contributed by atoms with Gasteiger partial charge in [-0.05, 0) is 42.4 Å². The molecule has 0 unspecified atom stereocenters. The Balaban J connectivity index is 1.78. The third-order valence-electron chi connectivity index (χ3n) is 6.41. The van der Waals surface area contributed by atoms with Crippen molar-refractivity contribution in [3.63, 3.8) is 0 Å². The fraction of sp³-hybridized carbons (Fsp3) is 0.462. The summed E-state index contributed by atoms with van der Waals surface area (Å²) in [6.07, 6.45) is 8.27. The first kappa shape index (κ1) is 21.0. The highest BCUT2D eigenvalue weighted by Gasteiger charge is 2.47. The Morgan fingerprint density at radius 3 is 2.00 bits per heavy atom. The molecule has 0 radical (unpaired) electrons. The summed E-state index contributed by atoms with van der Waals surface area (Å²) in [7, 11) is -2.72. The van der Waals surface area contributed by atoms with Crippen molar-refractivity contribution >= 4 is 29.5 Å². The minimum absolute atomic E-state index is 0.224. The highest BCUT2D eigenvalue weighted by molar-refractivity contribution is 8.04. The van der Waals surface area contributed by atoms with Gasteiger partial charge in [0.05, 0.1) is 0 Å². The number of allylic oxidation sites excluding steroid dienone is 2. The van der Waals surface area contributed by atoms with Crippen LogP contribution in [0.3, 0.4) is 0 Å². The van der Waals surface area contributed by atoms with Crippen molar-refractivity contribution < 1.29 is 4.57 Å². The number of benzene rings is 2. The summed E-state index contributed by atoms with van der Waals surface area (Å²) < 4.78 is 15.3. The summed E-state index contributed by atoms with van der Waals surface area (Å²) in [5, 5.41) is 2.07. The third-order valence-corrected chi connectivity index (χ3v) is 11.4. The largest absolute Gasteiger partial charge is 0.313 e. The predicted octanol–water partition coefficient (Wildman–Crippen LogP) is 6.99. The van der Waals surface area contributed by atoms with Gasteiger partial charge in [-0.1, -0.05) is 93.9 Å². The van der Waals surface area contributed by atoms with E-state index in [1.807, 2.05) is 48.2 Å². The topological polar surface area (TPSA) is 17.1 Å². The Morgan fingerprint density at radius 1 is 0.862 bits per heavy atom. The first-order chi connectivity index (χ1) is 13.9. The van der Waals surface area contributed by atoms with E-state index < -0.39 is 7.14 Å². The standard InChI is InChI=1S/C26H33OPS/c1-26(2,3)29-25-19-11-18-24(22-16-10-17-23(22)25)28(27,20-12-6-4-7-13-20)21-14-8-5-9-15-21/h4-9,12-15,19,22-24H,10-11,16-18H2,1-3H3/t22-,23-,24-/m1/s1. The highest BCUT2D eigenvalue weighted by atomic mass is 32.2. The van der Waals surface area contributed by atoms with Gasteiger partial charge in [0.1, 0.15) is 7.14 Å². The van der Waals surface area contributed by atoms with Gasteiger partial charge < -0.3 is 4.57 Å². The molecule has 0 aromatic heterocycles. The Hall–Kier alpha value is -1.24. The van der Waals surface area contributed by atoms with E-state index in [-0.39, 0.29) is 10.4 Å². The second kappa shape index (κ2) is 8.48. The average Bonchev–Trinajstić information content (AvgIpc) is 3.13. The zero-order valence-corrected chi connectivity index (χ0v) is 19.6. The SMILES string of the molecule is CC(C)(C)SC1=CCC[C@@H](P(=O)(c2ccccc2)c2ccccc2)[C@@H]2CCC[C@@H]12. The van der Waals surface area contributed by atoms with Crippen LogP contribution in [0.5, 0.6) is 0 Å². The molecule has 1 nitrogen and oxygen atoms in total. The van der Waals surface area contributed by atoms with E-state index in [1.165, 1.54) is 19.3 Å². The van der Waals surface area contributed by atoms with E-state index in [2.05, 4.69) is 51.1 Å². The zero-order valence-electron chi connectivity index (χ0n) is 17.9. The Labute approximate surface area is 180 Å². The van der Waals surface area contributed by atoms with E-state index in [1.54, 1.807) is 4.91 Å². The second-order valence-corrected chi connectivity index (χ2v) is 14.4. The maximum atomic E-state index is 15.0. The first-order valence-corrected chi connectivity index (χ1v) is 13.6. The van der Waals surface area contributed by atoms with Crippen molar-refractivity contribution in [3.05, 3.63) is 71.6 Å². The van der Waals surface area contributed by atoms with Crippen LogP contribution >= 0.6 is 18.9 Å². The number of hydrogen-bond donors (Lipinski definition) is 0. The molecule has 0 spiro atoms. The lowest BCUT2D eigenvalue weighted by atomic mass is 9.92. The second-order valence-electron chi connectivity index (χ2n) is 9.50. The van der Waals surface area contributed by atoms with Gasteiger partial charge in [-0.2, -0.15) is 0 Å². The van der Waals surface area contributed by atoms with Gasteiger partial charge in [0.2, 0.25) is 0 Å². The normalized spacial score (nSPS) is 25.2. The molecule has 3 atom stereocenters. The number of hydrogen-bond acceptors (Lipinski definition) is 2. The van der Waals surface area contributed by atoms with Gasteiger partial charge in [-0.25, -0.2) is 0 Å². The van der Waals surface area contributed by atoms with E-state index in [0.29, 0.717) is 11.8 Å². The summed E-state index contributed by atoms with van der Waals surface area (Å²) >= 11 is 2.04. The first-order valence-electron chi connectivity index (χ1n) is 11.0. The molecule has 0 heterocycles. The molecule has 0 aliphatic heterocycles. The van der Waals surface area contributed by atoms with E-state index in [4.69, 9.17) is 0 Å². The van der Waals surface area contributed by atoms with Gasteiger partial charge in [0.25, 0.3) is 0 Å². The van der Waals surface area contributed by atoms with E-state index >= 15 is 4.57 Å². The van der Waals surface area contributed by atoms with Crippen molar-refractivity contribution in [3.8, 4) is 0 Å². The van der Waals surface area contributed by atoms with Crippen molar-refractivity contribution in [2.24, 2.45) is 11.8 Å². The van der Waals surface area contributed by atoms with Crippen molar-refractivity contribution in [2.75, 3.05) is 0 Å². The fourth-order valence-electron chi connectivity index (χ4n) is 5.32. The highest BCUT2D eigenvalue weighted by Crippen LogP contribution is 2.60. The Kier molecular flexibility index (Phi) is 6.14. The van der Waals surface area contributed by atoms with E-state index in [9.17, 15) is 0 Å². The zero-order chi connectivity index (χ0) is 20.5. The minimum Gasteiger partial charge on any atom is -0.313 e. The molecule has 29 heavy (non-hydrogen) atoms. The molecule has 4 rings (SSSR count). The Morgan fingerprint density at radius 2 is 1.45 bits per heavy atom. The molecule has 2 aliphatic rings. The summed E-state index contributed by atoms with van der Waals surface area (Å²) in [6.45, 7) is 6.93. The van der Waals surface area contributed by atoms with Gasteiger partial charge in [0.15, 0.2) is 0 Å². The van der Waals surface area contributed by atoms with Gasteiger partial charge in [-0.15, -0.1) is 11.8 Å². The van der Waals surface area contributed by atoms with Crippen LogP contribution in [0.15, 0.2) is 71.6 Å². The summed E-state index contributed by atoms with van der Waals surface area (Å²) in [5.74, 6) is 1.09. The Bertz CT molecular complexity index is 854. The maximum Gasteiger partial charge on any atom is 0.146 e. The monoisotopic (exact) mass is 424 g/mol. The van der Waals surface area contributed by atoms with Crippen LogP contribution in [0, 0.1) is 11.8 Å². The van der Waals surface area contributed by atoms with Crippen LogP contribution in [0.2, 0.25) is 0 Å². The third kappa shape index (κ3) is 4.30. The van der Waals surface area contributed by atoms with Gasteiger partial charge >= 0.3 is 0 Å². The molecule has 1 saturated carbocycles. The van der Waals surface area contributed by atoms with Crippen molar-refractivity contribution in [1.29, 1.82) is 0 Å². The lowest BCUT2D eigenvalue weighted by Gasteiger charge is -2.35. The summed E-state index contributed by atoms with van der Waals surface area (Å²) in [4.78, 5) is 1.56. The van der Waals surface area contributed by atoms with Crippen LogP contribution in [0.1, 0.15) is 52.9 Å². The molecule has 2 aliphatic carbocycles. The van der Waals surface area contributed by atoms with Crippen LogP contribution in [-0.4, -0.2) is 10.4 Å². The van der Waals surface area contributed by atoms with Gasteiger partial charge in [0, 0.05) is 21.0 Å². The molecular weight excluding hydrogens is 391 g/mol. The minimum atomic E-state index is -2.72. The van der Waals surface area contributed by atoms with Crippen LogP contribution in [0.25, 0.3) is 0 Å². The maximum absolute atomic E-state index is 15.0. The lowest BCUT2D eigenvalue weighted by molar-refractivity contribution is 0.418. The molecule has 2 aromatic rings. The molecule has 0 N–H and O–H groups in total. The molecule has 154 valence electrons. The van der Waals surface area contributed by atoms with Crippen LogP contribution < -0.4 is 10.6 Å². The fourth-order valence-corrected chi connectivity index (χ4v) is 10.4. The van der Waals surface area contributed by atoms with E-state index in [0.717, 1.165) is 23.5 Å². The molecular formula is C26H33OPS. The molecule has 1 fully saturated rings. The molecule has 3 heteroatoms. The number of fused-ring (bicyclic) bond motifs is 1. The predicted molar refractivity (Wildman–Crippen MR) is 129 cm³/mol. The smallest absolute Gasteiger partial charge is 0.146 e. The van der Waals surface area contributed by atoms with Crippen molar-refractivity contribution in [1.82, 2.24) is 0 Å². The van der Waals surface area contributed by atoms with Gasteiger partial charge in [-0.3, -0.25) is 0 Å². The van der Waals surface area contributed by atoms with Crippen molar-refractivity contribution in [2.45, 2.75) is 63.3 Å². The molecule has 2 aromatic carbocycles. The van der Waals surface area contributed by atoms with Crippen LogP contribution in [-0.2, 0) is 4.57 Å². The average molecular weight is 425 g/mol. The quantitative estimate of drug-likeness (QED) is 0.492. The number of rotatable bonds is 4. The molecule has 0 bridgehead atoms. The summed E-state index contributed by atoms with van der Waals surface area (Å²) in [6, 6.07) is 20.6. The summed E-state index contributed by atoms with van der Waals surface area (Å²) in [5.41, 5.74) is 0.231. The molecule has 0 amide bonds. The molecule has 0 saturated heterocycles. The van der Waals surface area contributed by atoms with Crippen LogP contribution in [0.4, 0.5) is 0 Å². The number of thioether (sulfide) groups is 1.